The van der Waals surface area contributed by atoms with Gasteiger partial charge in [-0.25, -0.2) is 4.39 Å². The number of rotatable bonds is 2. The van der Waals surface area contributed by atoms with Crippen LogP contribution < -0.4 is 0 Å². The highest BCUT2D eigenvalue weighted by molar-refractivity contribution is 9.11. The van der Waals surface area contributed by atoms with Gasteiger partial charge in [-0.2, -0.15) is 31.6 Å². The molecule has 0 unspecified atom stereocenters. The van der Waals surface area contributed by atoms with Crippen molar-refractivity contribution in [2.45, 2.75) is 18.0 Å². The van der Waals surface area contributed by atoms with E-state index in [2.05, 4.69) is 37.9 Å². The fraction of sp³-hybridized carbons (Fsp3) is 0.188. The van der Waals surface area contributed by atoms with Crippen LogP contribution in [0.15, 0.2) is 39.3 Å². The smallest absolute Gasteiger partial charge is 0.218 e. The number of halogens is 9. The molecule has 26 heavy (non-hydrogen) atoms. The lowest BCUT2D eigenvalue weighted by atomic mass is 9.86. The molecule has 1 nitrogen and oxygen atoms in total. The maximum absolute atomic E-state index is 14.7. The molecular formula is C16H5Br2F7N. The number of nitrogens with zero attached hydrogens (tertiary/aromatic N) is 1. The topological polar surface area (TPSA) is 23.8 Å². The summed E-state index contributed by atoms with van der Waals surface area (Å²) in [4.78, 5) is 0. The monoisotopic (exact) mass is 502 g/mol. The molecule has 2 rings (SSSR count). The summed E-state index contributed by atoms with van der Waals surface area (Å²) in [5, 5.41) is 9.12. The Kier molecular flexibility index (Phi) is 5.46. The molecule has 0 spiro atoms. The van der Waals surface area contributed by atoms with Gasteiger partial charge in [-0.1, -0.05) is 34.1 Å². The molecule has 0 bridgehead atoms. The first-order valence-corrected chi connectivity index (χ1v) is 8.17. The second-order valence-electron chi connectivity index (χ2n) is 5.03. The second-order valence-corrected chi connectivity index (χ2v) is 6.68. The van der Waals surface area contributed by atoms with Gasteiger partial charge in [0.2, 0.25) is 0 Å². The van der Waals surface area contributed by atoms with Crippen LogP contribution in [0.4, 0.5) is 30.7 Å². The fourth-order valence-electron chi connectivity index (χ4n) is 2.32. The van der Waals surface area contributed by atoms with Gasteiger partial charge < -0.3 is 0 Å². The third-order valence-corrected chi connectivity index (χ3v) is 4.48. The van der Waals surface area contributed by atoms with Gasteiger partial charge in [0.15, 0.2) is 0 Å². The molecule has 0 saturated carbocycles. The molecule has 0 saturated heterocycles. The van der Waals surface area contributed by atoms with Gasteiger partial charge in [0.05, 0.1) is 11.6 Å². The Labute approximate surface area is 159 Å². The molecule has 0 aromatic heterocycles. The van der Waals surface area contributed by atoms with E-state index in [0.717, 1.165) is 6.07 Å². The second kappa shape index (κ2) is 6.85. The van der Waals surface area contributed by atoms with Crippen LogP contribution in [0.25, 0.3) is 11.1 Å². The molecule has 0 amide bonds. The number of alkyl halides is 7. The van der Waals surface area contributed by atoms with Gasteiger partial charge >= 0.3 is 18.0 Å². The quantitative estimate of drug-likeness (QED) is 0.411. The lowest BCUT2D eigenvalue weighted by Crippen LogP contribution is -2.50. The highest BCUT2D eigenvalue weighted by atomic mass is 79.9. The van der Waals surface area contributed by atoms with E-state index in [4.69, 9.17) is 5.26 Å². The van der Waals surface area contributed by atoms with Crippen molar-refractivity contribution in [2.24, 2.45) is 0 Å². The van der Waals surface area contributed by atoms with E-state index in [1.807, 2.05) is 0 Å². The minimum atomic E-state index is -6.29. The van der Waals surface area contributed by atoms with Gasteiger partial charge in [-0.3, -0.25) is 0 Å². The molecular weight excluding hydrogens is 499 g/mol. The number of benzene rings is 2. The summed E-state index contributed by atoms with van der Waals surface area (Å²) in [6.07, 6.45) is -12.6. The van der Waals surface area contributed by atoms with E-state index in [1.54, 1.807) is 6.07 Å². The molecule has 2 aromatic rings. The van der Waals surface area contributed by atoms with Crippen molar-refractivity contribution < 1.29 is 30.7 Å². The molecule has 0 aliphatic rings. The molecule has 0 N–H and O–H groups in total. The van der Waals surface area contributed by atoms with E-state index < -0.39 is 29.1 Å². The fourth-order valence-corrected chi connectivity index (χ4v) is 3.65. The van der Waals surface area contributed by atoms with Crippen molar-refractivity contribution in [1.29, 1.82) is 5.26 Å². The number of hydrogen-bond acceptors (Lipinski definition) is 1. The summed E-state index contributed by atoms with van der Waals surface area (Å²) in [5.74, 6) is 0. The van der Waals surface area contributed by atoms with Crippen LogP contribution >= 0.6 is 31.9 Å². The predicted molar refractivity (Wildman–Crippen MR) is 85.7 cm³/mol. The largest absolute Gasteiger partial charge is 0.435 e. The van der Waals surface area contributed by atoms with E-state index >= 15 is 0 Å². The van der Waals surface area contributed by atoms with Gasteiger partial charge in [0, 0.05) is 31.7 Å². The van der Waals surface area contributed by atoms with Crippen LogP contribution in [0.1, 0.15) is 11.1 Å². The van der Waals surface area contributed by atoms with Gasteiger partial charge in [-0.15, -0.1) is 0 Å². The first kappa shape index (κ1) is 20.7. The standard InChI is InChI=1S/C16H5Br2F7N/c17-9-5-11(14(19,15(20,21)22)16(23,24)25)13(12(18)6-9)10-4-2-1-3-8(10)7-26/h1-5H. The summed E-state index contributed by atoms with van der Waals surface area (Å²) in [7, 11) is 0. The molecule has 0 heterocycles. The Hall–Kier alpha value is -1.60. The lowest BCUT2D eigenvalue weighted by Gasteiger charge is -2.32. The Bertz CT molecular complexity index is 868. The highest BCUT2D eigenvalue weighted by Crippen LogP contribution is 2.56. The first-order valence-electron chi connectivity index (χ1n) is 6.58. The highest BCUT2D eigenvalue weighted by Gasteiger charge is 2.74. The molecule has 0 aliphatic heterocycles. The molecule has 2 aromatic carbocycles. The molecule has 0 fully saturated rings. The maximum Gasteiger partial charge on any atom is 0.435 e. The summed E-state index contributed by atoms with van der Waals surface area (Å²) < 4.78 is 93.4. The average molecular weight is 504 g/mol. The zero-order chi connectivity index (χ0) is 19.9. The minimum Gasteiger partial charge on any atom is -0.218 e. The average Bonchev–Trinajstić information content (AvgIpc) is 2.51. The van der Waals surface area contributed by atoms with Gasteiger partial charge in [0.1, 0.15) is 0 Å². The van der Waals surface area contributed by atoms with Crippen LogP contribution in [0.2, 0.25) is 0 Å². The number of hydrogen-bond donors (Lipinski definition) is 0. The third-order valence-electron chi connectivity index (χ3n) is 3.46. The van der Waals surface area contributed by atoms with Crippen molar-refractivity contribution in [1.82, 2.24) is 0 Å². The van der Waals surface area contributed by atoms with Crippen LogP contribution in [-0.2, 0) is 5.67 Å². The zero-order valence-electron chi connectivity index (χ0n) is 12.2. The van der Waals surface area contributed by atoms with Crippen molar-refractivity contribution >= 4 is 31.9 Å². The van der Waals surface area contributed by atoms with Crippen molar-refractivity contribution in [3.8, 4) is 17.2 Å². The van der Waals surface area contributed by atoms with Crippen molar-refractivity contribution in [3.63, 3.8) is 0 Å². The Balaban J connectivity index is 3.01. The molecule has 10 heteroatoms. The summed E-state index contributed by atoms with van der Waals surface area (Å²) in [5.41, 5.74) is -8.63. The Morgan fingerprint density at radius 1 is 0.923 bits per heavy atom. The van der Waals surface area contributed by atoms with Crippen molar-refractivity contribution in [3.05, 3.63) is 56.5 Å². The normalized spacial score (nSPS) is 12.8. The van der Waals surface area contributed by atoms with E-state index in [-0.39, 0.29) is 20.1 Å². The van der Waals surface area contributed by atoms with Crippen molar-refractivity contribution in [2.75, 3.05) is 0 Å². The SMILES string of the molecule is N#Cc1ccccc1-c1c(Br)[c]c(Br)cc1C(F)(C(F)(F)F)C(F)(F)F. The maximum atomic E-state index is 14.7. The lowest BCUT2D eigenvalue weighted by molar-refractivity contribution is -0.348. The van der Waals surface area contributed by atoms with Gasteiger partial charge in [0.25, 0.3) is 0 Å². The third kappa shape index (κ3) is 3.34. The molecule has 1 radical (unpaired) electrons. The van der Waals surface area contributed by atoms with Crippen LogP contribution in [-0.4, -0.2) is 12.4 Å². The minimum absolute atomic E-state index is 0.225. The van der Waals surface area contributed by atoms with Crippen LogP contribution in [0, 0.1) is 17.4 Å². The van der Waals surface area contributed by atoms with Gasteiger partial charge in [-0.05, 0) is 28.1 Å². The molecule has 0 atom stereocenters. The molecule has 137 valence electrons. The van der Waals surface area contributed by atoms with E-state index in [1.165, 1.54) is 18.2 Å². The number of nitriles is 1. The van der Waals surface area contributed by atoms with E-state index in [0.29, 0.717) is 6.07 Å². The summed E-state index contributed by atoms with van der Waals surface area (Å²) >= 11 is 5.56. The zero-order valence-corrected chi connectivity index (χ0v) is 15.4. The summed E-state index contributed by atoms with van der Waals surface area (Å²) in [6.45, 7) is 0. The Morgan fingerprint density at radius 3 is 1.96 bits per heavy atom. The summed E-state index contributed by atoms with van der Waals surface area (Å²) in [6, 6.07) is 9.43. The first-order chi connectivity index (χ1) is 11.8. The van der Waals surface area contributed by atoms with E-state index in [9.17, 15) is 30.7 Å². The Morgan fingerprint density at radius 2 is 1.46 bits per heavy atom. The predicted octanol–water partition coefficient (Wildman–Crippen LogP) is 6.84. The van der Waals surface area contributed by atoms with Crippen LogP contribution in [0.5, 0.6) is 0 Å². The van der Waals surface area contributed by atoms with Crippen LogP contribution in [0.3, 0.4) is 0 Å². The molecule has 0 aliphatic carbocycles.